The predicted molar refractivity (Wildman–Crippen MR) is 80.3 cm³/mol. The molecule has 1 nitrogen and oxygen atoms in total. The first-order valence-corrected chi connectivity index (χ1v) is 7.60. The van der Waals surface area contributed by atoms with Crippen molar-refractivity contribution in [3.63, 3.8) is 0 Å². The molecule has 3 heteroatoms. The first-order valence-electron chi connectivity index (χ1n) is 6.65. The number of benzene rings is 1. The lowest BCUT2D eigenvalue weighted by atomic mass is 9.94. The maximum absolute atomic E-state index is 14.3. The molecule has 0 saturated heterocycles. The number of hydrogen-bond acceptors (Lipinski definition) is 2. The summed E-state index contributed by atoms with van der Waals surface area (Å²) in [5.74, 6) is -0.114. The van der Waals surface area contributed by atoms with Crippen molar-refractivity contribution in [3.05, 3.63) is 57.0 Å². The second-order valence-electron chi connectivity index (χ2n) is 4.92. The molecule has 102 valence electrons. The molecule has 1 heterocycles. The Morgan fingerprint density at radius 2 is 2.11 bits per heavy atom. The lowest BCUT2D eigenvalue weighted by Gasteiger charge is -2.21. The van der Waals surface area contributed by atoms with E-state index in [1.54, 1.807) is 17.4 Å². The van der Waals surface area contributed by atoms with Gasteiger partial charge in [0.2, 0.25) is 0 Å². The summed E-state index contributed by atoms with van der Waals surface area (Å²) >= 11 is 1.65. The zero-order valence-electron chi connectivity index (χ0n) is 11.7. The molecule has 0 saturated carbocycles. The van der Waals surface area contributed by atoms with Gasteiger partial charge < -0.3 is 5.32 Å². The number of nitrogens with one attached hydrogen (secondary N) is 1. The van der Waals surface area contributed by atoms with Gasteiger partial charge in [-0.15, -0.1) is 0 Å². The molecule has 1 aromatic carbocycles. The van der Waals surface area contributed by atoms with E-state index in [1.165, 1.54) is 0 Å². The molecule has 0 fully saturated rings. The van der Waals surface area contributed by atoms with Crippen LogP contribution >= 0.6 is 11.3 Å². The molecule has 0 aliphatic carbocycles. The van der Waals surface area contributed by atoms with Crippen LogP contribution in [0.3, 0.4) is 0 Å². The van der Waals surface area contributed by atoms with Crippen LogP contribution in [0.1, 0.15) is 41.6 Å². The second-order valence-corrected chi connectivity index (χ2v) is 5.70. The van der Waals surface area contributed by atoms with Gasteiger partial charge in [-0.1, -0.05) is 13.0 Å². The molecule has 0 aliphatic rings. The van der Waals surface area contributed by atoms with Gasteiger partial charge in [0.1, 0.15) is 5.82 Å². The molecule has 0 radical (unpaired) electrons. The Morgan fingerprint density at radius 1 is 1.32 bits per heavy atom. The molecule has 0 amide bonds. The summed E-state index contributed by atoms with van der Waals surface area (Å²) in [5.41, 5.74) is 3.90. The third-order valence-corrected chi connectivity index (χ3v) is 3.95. The van der Waals surface area contributed by atoms with E-state index in [2.05, 4.69) is 23.7 Å². The predicted octanol–water partition coefficient (Wildman–Crippen LogP) is 4.59. The van der Waals surface area contributed by atoms with Gasteiger partial charge in [-0.05, 0) is 66.4 Å². The van der Waals surface area contributed by atoms with Crippen molar-refractivity contribution in [2.45, 2.75) is 33.2 Å². The molecule has 1 N–H and O–H groups in total. The van der Waals surface area contributed by atoms with E-state index < -0.39 is 0 Å². The zero-order valence-corrected chi connectivity index (χ0v) is 12.5. The summed E-state index contributed by atoms with van der Waals surface area (Å²) in [4.78, 5) is 0. The highest BCUT2D eigenvalue weighted by Gasteiger charge is 2.20. The second kappa shape index (κ2) is 6.31. The molecule has 0 spiro atoms. The van der Waals surface area contributed by atoms with E-state index in [-0.39, 0.29) is 11.9 Å². The highest BCUT2D eigenvalue weighted by molar-refractivity contribution is 7.08. The maximum atomic E-state index is 14.3. The first kappa shape index (κ1) is 14.2. The van der Waals surface area contributed by atoms with Crippen molar-refractivity contribution in [1.29, 1.82) is 0 Å². The molecule has 2 rings (SSSR count). The largest absolute Gasteiger partial charge is 0.306 e. The monoisotopic (exact) mass is 277 g/mol. The number of thiophene rings is 1. The molecular weight excluding hydrogens is 257 g/mol. The van der Waals surface area contributed by atoms with Crippen molar-refractivity contribution in [1.82, 2.24) is 5.32 Å². The Kier molecular flexibility index (Phi) is 4.72. The lowest BCUT2D eigenvalue weighted by molar-refractivity contribution is 0.544. The Balaban J connectivity index is 2.44. The summed E-state index contributed by atoms with van der Waals surface area (Å²) in [5, 5.41) is 7.58. The van der Waals surface area contributed by atoms with E-state index in [0.29, 0.717) is 0 Å². The van der Waals surface area contributed by atoms with Crippen LogP contribution in [0.4, 0.5) is 4.39 Å². The number of aryl methyl sites for hydroxylation is 2. The lowest BCUT2D eigenvalue weighted by Crippen LogP contribution is -2.24. The third-order valence-electron chi connectivity index (χ3n) is 3.24. The quantitative estimate of drug-likeness (QED) is 0.842. The number of rotatable bonds is 5. The van der Waals surface area contributed by atoms with Gasteiger partial charge in [0.25, 0.3) is 0 Å². The van der Waals surface area contributed by atoms with Crippen LogP contribution < -0.4 is 5.32 Å². The smallest absolute Gasteiger partial charge is 0.128 e. The van der Waals surface area contributed by atoms with E-state index in [0.717, 1.165) is 35.2 Å². The van der Waals surface area contributed by atoms with Crippen LogP contribution in [0.15, 0.2) is 29.0 Å². The van der Waals surface area contributed by atoms with Crippen LogP contribution in [0.2, 0.25) is 0 Å². The summed E-state index contributed by atoms with van der Waals surface area (Å²) in [6, 6.07) is 5.68. The fraction of sp³-hybridized carbons (Fsp3) is 0.375. The minimum Gasteiger partial charge on any atom is -0.306 e. The van der Waals surface area contributed by atoms with Gasteiger partial charge in [-0.2, -0.15) is 11.3 Å². The Morgan fingerprint density at radius 3 is 2.68 bits per heavy atom. The van der Waals surface area contributed by atoms with Gasteiger partial charge in [0.05, 0.1) is 6.04 Å². The van der Waals surface area contributed by atoms with Crippen LogP contribution in [-0.2, 0) is 0 Å². The molecule has 1 aromatic heterocycles. The van der Waals surface area contributed by atoms with Gasteiger partial charge in [0, 0.05) is 5.56 Å². The van der Waals surface area contributed by atoms with Crippen molar-refractivity contribution in [2.24, 2.45) is 0 Å². The van der Waals surface area contributed by atoms with Crippen molar-refractivity contribution in [2.75, 3.05) is 6.54 Å². The third kappa shape index (κ3) is 3.23. The van der Waals surface area contributed by atoms with E-state index >= 15 is 0 Å². The van der Waals surface area contributed by atoms with E-state index in [4.69, 9.17) is 0 Å². The average Bonchev–Trinajstić information content (AvgIpc) is 2.85. The van der Waals surface area contributed by atoms with Gasteiger partial charge in [0.15, 0.2) is 0 Å². The minimum atomic E-state index is -0.114. The molecule has 1 unspecified atom stereocenters. The van der Waals surface area contributed by atoms with Crippen molar-refractivity contribution in [3.8, 4) is 0 Å². The Bertz CT molecular complexity index is 511. The standard InChI is InChI=1S/C16H20FNS/c1-4-6-18-16(13-5-7-19-10-13)15-12(3)8-11(2)9-14(15)17/h5,7-10,16,18H,4,6H2,1-3H3. The summed E-state index contributed by atoms with van der Waals surface area (Å²) in [7, 11) is 0. The summed E-state index contributed by atoms with van der Waals surface area (Å²) in [6.07, 6.45) is 1.03. The van der Waals surface area contributed by atoms with Gasteiger partial charge in [-0.3, -0.25) is 0 Å². The first-order chi connectivity index (χ1) is 9.13. The van der Waals surface area contributed by atoms with E-state index in [9.17, 15) is 4.39 Å². The summed E-state index contributed by atoms with van der Waals surface area (Å²) < 4.78 is 14.3. The molecular formula is C16H20FNS. The summed E-state index contributed by atoms with van der Waals surface area (Å²) in [6.45, 7) is 6.92. The van der Waals surface area contributed by atoms with Crippen molar-refractivity contribution < 1.29 is 4.39 Å². The number of hydrogen-bond donors (Lipinski definition) is 1. The normalized spacial score (nSPS) is 12.6. The molecule has 0 aliphatic heterocycles. The van der Waals surface area contributed by atoms with Crippen LogP contribution in [0.5, 0.6) is 0 Å². The van der Waals surface area contributed by atoms with Crippen molar-refractivity contribution >= 4 is 11.3 Å². The van der Waals surface area contributed by atoms with Crippen LogP contribution in [0.25, 0.3) is 0 Å². The fourth-order valence-corrected chi connectivity index (χ4v) is 3.09. The molecule has 2 aromatic rings. The topological polar surface area (TPSA) is 12.0 Å². The SMILES string of the molecule is CCCNC(c1ccsc1)c1c(C)cc(C)cc1F. The Labute approximate surface area is 118 Å². The zero-order chi connectivity index (χ0) is 13.8. The van der Waals surface area contributed by atoms with Crippen LogP contribution in [0, 0.1) is 19.7 Å². The minimum absolute atomic E-state index is 0.0493. The fourth-order valence-electron chi connectivity index (χ4n) is 2.41. The van der Waals surface area contributed by atoms with Crippen LogP contribution in [-0.4, -0.2) is 6.54 Å². The molecule has 0 bridgehead atoms. The molecule has 1 atom stereocenters. The average molecular weight is 277 g/mol. The highest BCUT2D eigenvalue weighted by atomic mass is 32.1. The highest BCUT2D eigenvalue weighted by Crippen LogP contribution is 2.29. The number of halogens is 1. The maximum Gasteiger partial charge on any atom is 0.128 e. The van der Waals surface area contributed by atoms with Gasteiger partial charge >= 0.3 is 0 Å². The van der Waals surface area contributed by atoms with E-state index in [1.807, 2.05) is 25.3 Å². The Hall–Kier alpha value is -1.19. The molecule has 19 heavy (non-hydrogen) atoms. The van der Waals surface area contributed by atoms with Gasteiger partial charge in [-0.25, -0.2) is 4.39 Å².